The van der Waals surface area contributed by atoms with Gasteiger partial charge in [-0.3, -0.25) is 9.59 Å². The van der Waals surface area contributed by atoms with Crippen LogP contribution in [0.5, 0.6) is 0 Å². The van der Waals surface area contributed by atoms with Crippen LogP contribution in [0, 0.1) is 5.92 Å². The molecule has 3 unspecified atom stereocenters. The van der Waals surface area contributed by atoms with Crippen molar-refractivity contribution in [2.75, 3.05) is 13.2 Å². The largest absolute Gasteiger partial charge is 0.394 e. The van der Waals surface area contributed by atoms with Crippen LogP contribution in [0.3, 0.4) is 0 Å². The molecule has 1 aliphatic rings. The van der Waals surface area contributed by atoms with Crippen molar-refractivity contribution < 1.29 is 19.8 Å². The molecule has 0 aliphatic carbocycles. The average Bonchev–Trinajstić information content (AvgIpc) is 3.17. The number of aliphatic hydroxyl groups is 2. The van der Waals surface area contributed by atoms with Crippen molar-refractivity contribution in [3.05, 3.63) is 18.7 Å². The number of carbonyl (C=O) groups excluding carboxylic acids is 2. The molecule has 1 saturated heterocycles. The summed E-state index contributed by atoms with van der Waals surface area (Å²) in [5.74, 6) is -1.47. The van der Waals surface area contributed by atoms with Crippen molar-refractivity contribution in [2.24, 2.45) is 5.92 Å². The molecule has 2 rings (SSSR count). The Hall–Kier alpha value is -1.73. The molecule has 7 nitrogen and oxygen atoms in total. The first kappa shape index (κ1) is 18.6. The summed E-state index contributed by atoms with van der Waals surface area (Å²) in [5.41, 5.74) is 0. The van der Waals surface area contributed by atoms with Crippen LogP contribution in [0.15, 0.2) is 18.7 Å². The van der Waals surface area contributed by atoms with Gasteiger partial charge in [0.1, 0.15) is 0 Å². The van der Waals surface area contributed by atoms with Crippen molar-refractivity contribution >= 4 is 11.7 Å². The highest BCUT2D eigenvalue weighted by molar-refractivity contribution is 6.39. The van der Waals surface area contributed by atoms with E-state index in [1.807, 2.05) is 10.8 Å². The molecule has 3 atom stereocenters. The maximum atomic E-state index is 12.3. The standard InChI is InChI=1S/C17H27N3O4/c1-2-3-4-6-13-15(14(22)11-21)20(17(24)16(13)23)9-5-8-19-10-7-18-12-19/h7,10,12-15,21-22H,2-6,8-9,11H2,1H3. The highest BCUT2D eigenvalue weighted by Gasteiger charge is 2.49. The highest BCUT2D eigenvalue weighted by Crippen LogP contribution is 2.30. The number of likely N-dealkylation sites (tertiary alicyclic amines) is 1. The fourth-order valence-corrected chi connectivity index (χ4v) is 3.40. The second-order valence-electron chi connectivity index (χ2n) is 6.36. The molecular weight excluding hydrogens is 310 g/mol. The molecule has 1 aliphatic heterocycles. The second-order valence-corrected chi connectivity index (χ2v) is 6.36. The normalized spacial score (nSPS) is 22.4. The summed E-state index contributed by atoms with van der Waals surface area (Å²) in [4.78, 5) is 30.1. The molecule has 0 bridgehead atoms. The van der Waals surface area contributed by atoms with E-state index in [1.54, 1.807) is 12.5 Å². The van der Waals surface area contributed by atoms with Gasteiger partial charge in [0, 0.05) is 25.5 Å². The van der Waals surface area contributed by atoms with Gasteiger partial charge < -0.3 is 19.7 Å². The first-order chi connectivity index (χ1) is 11.6. The molecule has 0 aromatic carbocycles. The summed E-state index contributed by atoms with van der Waals surface area (Å²) in [6.07, 6.45) is 8.24. The summed E-state index contributed by atoms with van der Waals surface area (Å²) in [6.45, 7) is 2.69. The number of carbonyl (C=O) groups is 2. The van der Waals surface area contributed by atoms with Crippen molar-refractivity contribution in [2.45, 2.75) is 57.7 Å². The third-order valence-corrected chi connectivity index (χ3v) is 4.66. The van der Waals surface area contributed by atoms with Crippen molar-refractivity contribution in [3.8, 4) is 0 Å². The molecule has 1 aromatic heterocycles. The van der Waals surface area contributed by atoms with Gasteiger partial charge in [0.25, 0.3) is 5.91 Å². The zero-order chi connectivity index (χ0) is 17.5. The molecule has 1 fully saturated rings. The number of Topliss-reactive ketones (excluding diaryl/α,β-unsaturated/α-hetero) is 1. The number of imidazole rings is 1. The summed E-state index contributed by atoms with van der Waals surface area (Å²) in [6, 6.07) is -0.616. The van der Waals surface area contributed by atoms with Gasteiger partial charge in [-0.25, -0.2) is 4.98 Å². The number of rotatable bonds is 10. The molecule has 0 spiro atoms. The van der Waals surface area contributed by atoms with E-state index in [1.165, 1.54) is 4.90 Å². The highest BCUT2D eigenvalue weighted by atomic mass is 16.3. The summed E-state index contributed by atoms with van der Waals surface area (Å²) >= 11 is 0. The predicted octanol–water partition coefficient (Wildman–Crippen LogP) is 0.603. The number of hydrogen-bond acceptors (Lipinski definition) is 5. The molecule has 0 saturated carbocycles. The first-order valence-corrected chi connectivity index (χ1v) is 8.69. The molecule has 24 heavy (non-hydrogen) atoms. The maximum absolute atomic E-state index is 12.3. The Bertz CT molecular complexity index is 532. The summed E-state index contributed by atoms with van der Waals surface area (Å²) in [7, 11) is 0. The number of nitrogens with zero attached hydrogens (tertiary/aromatic N) is 3. The van der Waals surface area contributed by atoms with Gasteiger partial charge >= 0.3 is 0 Å². The topological polar surface area (TPSA) is 95.7 Å². The number of hydrogen-bond donors (Lipinski definition) is 2. The molecule has 1 amide bonds. The van der Waals surface area contributed by atoms with Gasteiger partial charge in [0.05, 0.1) is 31.0 Å². The van der Waals surface area contributed by atoms with E-state index in [0.29, 0.717) is 25.9 Å². The van der Waals surface area contributed by atoms with Crippen LogP contribution in [-0.4, -0.2) is 61.7 Å². The maximum Gasteiger partial charge on any atom is 0.290 e. The third kappa shape index (κ3) is 4.21. The van der Waals surface area contributed by atoms with Gasteiger partial charge in [0.15, 0.2) is 0 Å². The fraction of sp³-hybridized carbons (Fsp3) is 0.706. The molecule has 0 radical (unpaired) electrons. The van der Waals surface area contributed by atoms with Crippen molar-refractivity contribution in [3.63, 3.8) is 0 Å². The van der Waals surface area contributed by atoms with Crippen LogP contribution in [0.1, 0.15) is 39.0 Å². The Morgan fingerprint density at radius 3 is 2.67 bits per heavy atom. The molecule has 134 valence electrons. The van der Waals surface area contributed by atoms with E-state index >= 15 is 0 Å². The molecular formula is C17H27N3O4. The van der Waals surface area contributed by atoms with Crippen LogP contribution in [0.25, 0.3) is 0 Å². The van der Waals surface area contributed by atoms with E-state index < -0.39 is 36.4 Å². The minimum atomic E-state index is -1.08. The first-order valence-electron chi connectivity index (χ1n) is 8.69. The number of aromatic nitrogens is 2. The number of amides is 1. The average molecular weight is 337 g/mol. The van der Waals surface area contributed by atoms with Crippen LogP contribution in [-0.2, 0) is 16.1 Å². The SMILES string of the molecule is CCCCCC1C(=O)C(=O)N(CCCn2ccnc2)C1C(O)CO. The molecule has 2 N–H and O–H groups in total. The van der Waals surface area contributed by atoms with Crippen LogP contribution in [0.4, 0.5) is 0 Å². The van der Waals surface area contributed by atoms with Gasteiger partial charge in [0.2, 0.25) is 5.78 Å². The number of aliphatic hydroxyl groups excluding tert-OH is 2. The van der Waals surface area contributed by atoms with Crippen LogP contribution < -0.4 is 0 Å². The Labute approximate surface area is 142 Å². The molecule has 2 heterocycles. The van der Waals surface area contributed by atoms with E-state index in [0.717, 1.165) is 19.3 Å². The lowest BCUT2D eigenvalue weighted by molar-refractivity contribution is -0.141. The van der Waals surface area contributed by atoms with E-state index in [2.05, 4.69) is 11.9 Å². The van der Waals surface area contributed by atoms with E-state index in [4.69, 9.17) is 0 Å². The lowest BCUT2D eigenvalue weighted by Crippen LogP contribution is -2.46. The Morgan fingerprint density at radius 1 is 1.25 bits per heavy atom. The Kier molecular flexibility index (Phi) is 6.93. The zero-order valence-electron chi connectivity index (χ0n) is 14.2. The zero-order valence-corrected chi connectivity index (χ0v) is 14.2. The number of aryl methyl sites for hydroxylation is 1. The quantitative estimate of drug-likeness (QED) is 0.481. The number of unbranched alkanes of at least 4 members (excludes halogenated alkanes) is 2. The van der Waals surface area contributed by atoms with Gasteiger partial charge in [-0.05, 0) is 12.8 Å². The van der Waals surface area contributed by atoms with Gasteiger partial charge in [-0.15, -0.1) is 0 Å². The van der Waals surface area contributed by atoms with Crippen molar-refractivity contribution in [1.82, 2.24) is 14.5 Å². The van der Waals surface area contributed by atoms with Crippen LogP contribution in [0.2, 0.25) is 0 Å². The smallest absolute Gasteiger partial charge is 0.290 e. The Morgan fingerprint density at radius 2 is 2.04 bits per heavy atom. The summed E-state index contributed by atoms with van der Waals surface area (Å²) < 4.78 is 1.90. The van der Waals surface area contributed by atoms with E-state index in [-0.39, 0.29) is 0 Å². The summed E-state index contributed by atoms with van der Waals surface area (Å²) in [5, 5.41) is 19.5. The van der Waals surface area contributed by atoms with Crippen LogP contribution >= 0.6 is 0 Å². The van der Waals surface area contributed by atoms with E-state index in [9.17, 15) is 19.8 Å². The lowest BCUT2D eigenvalue weighted by atomic mass is 9.89. The van der Waals surface area contributed by atoms with Crippen molar-refractivity contribution in [1.29, 1.82) is 0 Å². The fourth-order valence-electron chi connectivity index (χ4n) is 3.40. The lowest BCUT2D eigenvalue weighted by Gasteiger charge is -2.30. The second kappa shape index (κ2) is 8.94. The van der Waals surface area contributed by atoms with Gasteiger partial charge in [-0.1, -0.05) is 26.2 Å². The number of ketones is 1. The Balaban J connectivity index is 2.02. The minimum Gasteiger partial charge on any atom is -0.394 e. The molecule has 1 aromatic rings. The van der Waals surface area contributed by atoms with Gasteiger partial charge in [-0.2, -0.15) is 0 Å². The molecule has 7 heteroatoms. The minimum absolute atomic E-state index is 0.384. The third-order valence-electron chi connectivity index (χ3n) is 4.66. The monoisotopic (exact) mass is 337 g/mol. The predicted molar refractivity (Wildman–Crippen MR) is 88.1 cm³/mol.